The maximum atomic E-state index is 12.0. The smallest absolute Gasteiger partial charge is 0.251 e. The Morgan fingerprint density at radius 3 is 2.94 bits per heavy atom. The molecule has 1 aliphatic rings. The van der Waals surface area contributed by atoms with Crippen molar-refractivity contribution in [2.75, 3.05) is 13.2 Å². The second kappa shape index (κ2) is 4.14. The molecule has 94 valence electrons. The van der Waals surface area contributed by atoms with E-state index in [1.165, 1.54) is 0 Å². The van der Waals surface area contributed by atoms with Gasteiger partial charge in [-0.15, -0.1) is 0 Å². The highest BCUT2D eigenvalue weighted by molar-refractivity contribution is 5.98. The molecule has 3 N–H and O–H groups in total. The van der Waals surface area contributed by atoms with Crippen LogP contribution in [0, 0.1) is 5.41 Å². The van der Waals surface area contributed by atoms with Crippen molar-refractivity contribution >= 4 is 16.8 Å². The molecule has 1 aromatic heterocycles. The molecule has 3 rings (SSSR count). The lowest BCUT2D eigenvalue weighted by Gasteiger charge is -2.12. The third-order valence-electron chi connectivity index (χ3n) is 3.73. The van der Waals surface area contributed by atoms with Crippen molar-refractivity contribution < 1.29 is 9.90 Å². The monoisotopic (exact) mass is 244 g/mol. The van der Waals surface area contributed by atoms with Crippen LogP contribution < -0.4 is 5.32 Å². The lowest BCUT2D eigenvalue weighted by atomic mass is 10.1. The van der Waals surface area contributed by atoms with Crippen LogP contribution in [0.25, 0.3) is 10.9 Å². The fourth-order valence-electron chi connectivity index (χ4n) is 2.13. The molecule has 0 radical (unpaired) electrons. The van der Waals surface area contributed by atoms with E-state index in [0.29, 0.717) is 12.1 Å². The molecular weight excluding hydrogens is 228 g/mol. The van der Waals surface area contributed by atoms with Gasteiger partial charge in [-0.1, -0.05) is 0 Å². The van der Waals surface area contributed by atoms with Gasteiger partial charge in [-0.25, -0.2) is 0 Å². The maximum absolute atomic E-state index is 12.0. The van der Waals surface area contributed by atoms with Crippen molar-refractivity contribution in [3.05, 3.63) is 36.0 Å². The fraction of sp³-hybridized carbons (Fsp3) is 0.357. The lowest BCUT2D eigenvalue weighted by molar-refractivity contribution is 0.0935. The second-order valence-corrected chi connectivity index (χ2v) is 5.12. The first kappa shape index (κ1) is 11.3. The molecule has 1 aliphatic carbocycles. The summed E-state index contributed by atoms with van der Waals surface area (Å²) in [7, 11) is 0. The van der Waals surface area contributed by atoms with Gasteiger partial charge in [-0.3, -0.25) is 4.79 Å². The minimum Gasteiger partial charge on any atom is -0.396 e. The Bertz CT molecular complexity index is 584. The van der Waals surface area contributed by atoms with Crippen LogP contribution in [0.2, 0.25) is 0 Å². The largest absolute Gasteiger partial charge is 0.396 e. The summed E-state index contributed by atoms with van der Waals surface area (Å²) in [6.45, 7) is 0.720. The molecule has 0 atom stereocenters. The molecule has 1 heterocycles. The van der Waals surface area contributed by atoms with Crippen LogP contribution in [0.1, 0.15) is 23.2 Å². The predicted octanol–water partition coefficient (Wildman–Crippen LogP) is 1.67. The van der Waals surface area contributed by atoms with E-state index in [-0.39, 0.29) is 17.9 Å². The van der Waals surface area contributed by atoms with Crippen LogP contribution in [0.5, 0.6) is 0 Å². The van der Waals surface area contributed by atoms with E-state index in [0.717, 1.165) is 23.7 Å². The molecule has 1 aromatic carbocycles. The average molecular weight is 244 g/mol. The molecule has 18 heavy (non-hydrogen) atoms. The van der Waals surface area contributed by atoms with Crippen LogP contribution in [-0.2, 0) is 0 Å². The summed E-state index contributed by atoms with van der Waals surface area (Å²) in [6, 6.07) is 7.54. The van der Waals surface area contributed by atoms with Crippen molar-refractivity contribution in [1.82, 2.24) is 10.3 Å². The van der Waals surface area contributed by atoms with E-state index < -0.39 is 0 Å². The average Bonchev–Trinajstić information content (AvgIpc) is 3.04. The first-order valence-corrected chi connectivity index (χ1v) is 6.19. The molecule has 1 fully saturated rings. The second-order valence-electron chi connectivity index (χ2n) is 5.12. The number of aromatic nitrogens is 1. The first-order valence-electron chi connectivity index (χ1n) is 6.19. The van der Waals surface area contributed by atoms with Gasteiger partial charge in [0.2, 0.25) is 0 Å². The number of hydrogen-bond donors (Lipinski definition) is 3. The Morgan fingerprint density at radius 2 is 2.22 bits per heavy atom. The normalized spacial score (nSPS) is 16.7. The van der Waals surface area contributed by atoms with Gasteiger partial charge in [-0.05, 0) is 37.1 Å². The molecule has 0 bridgehead atoms. The quantitative estimate of drug-likeness (QED) is 0.766. The van der Waals surface area contributed by atoms with Gasteiger partial charge in [0, 0.05) is 34.6 Å². The summed E-state index contributed by atoms with van der Waals surface area (Å²) in [5.41, 5.74) is 1.64. The van der Waals surface area contributed by atoms with E-state index in [2.05, 4.69) is 10.3 Å². The summed E-state index contributed by atoms with van der Waals surface area (Å²) in [4.78, 5) is 15.1. The van der Waals surface area contributed by atoms with Crippen LogP contribution in [-0.4, -0.2) is 29.1 Å². The summed E-state index contributed by atoms with van der Waals surface area (Å²) in [6.07, 6.45) is 3.86. The van der Waals surface area contributed by atoms with E-state index in [1.54, 1.807) is 0 Å². The number of rotatable bonds is 4. The van der Waals surface area contributed by atoms with Gasteiger partial charge in [0.25, 0.3) is 5.91 Å². The number of amides is 1. The molecule has 1 saturated carbocycles. The fourth-order valence-corrected chi connectivity index (χ4v) is 2.13. The van der Waals surface area contributed by atoms with Gasteiger partial charge >= 0.3 is 0 Å². The lowest BCUT2D eigenvalue weighted by Crippen LogP contribution is -2.31. The van der Waals surface area contributed by atoms with Crippen molar-refractivity contribution in [3.63, 3.8) is 0 Å². The minimum absolute atomic E-state index is 0.0478. The maximum Gasteiger partial charge on any atom is 0.251 e. The number of H-pyrrole nitrogens is 1. The number of hydrogen-bond acceptors (Lipinski definition) is 2. The first-order chi connectivity index (χ1) is 8.72. The van der Waals surface area contributed by atoms with E-state index in [4.69, 9.17) is 0 Å². The van der Waals surface area contributed by atoms with Crippen LogP contribution in [0.15, 0.2) is 30.5 Å². The van der Waals surface area contributed by atoms with Gasteiger partial charge in [0.05, 0.1) is 6.61 Å². The SMILES string of the molecule is O=C(NCC1(CO)CC1)c1ccc2[nH]ccc2c1. The van der Waals surface area contributed by atoms with Crippen molar-refractivity contribution in [1.29, 1.82) is 0 Å². The highest BCUT2D eigenvalue weighted by Gasteiger charge is 2.42. The Labute approximate surface area is 105 Å². The molecule has 0 saturated heterocycles. The van der Waals surface area contributed by atoms with Crippen LogP contribution in [0.3, 0.4) is 0 Å². The number of carbonyl (C=O) groups is 1. The van der Waals surface area contributed by atoms with Gasteiger partial charge in [0.1, 0.15) is 0 Å². The number of aliphatic hydroxyl groups excluding tert-OH is 1. The highest BCUT2D eigenvalue weighted by Crippen LogP contribution is 2.44. The number of benzene rings is 1. The number of aromatic amines is 1. The third kappa shape index (κ3) is 1.99. The molecule has 4 nitrogen and oxygen atoms in total. The summed E-state index contributed by atoms with van der Waals surface area (Å²) in [5.74, 6) is -0.0715. The van der Waals surface area contributed by atoms with E-state index >= 15 is 0 Å². The van der Waals surface area contributed by atoms with Gasteiger partial charge < -0.3 is 15.4 Å². The molecule has 2 aromatic rings. The van der Waals surface area contributed by atoms with Gasteiger partial charge in [-0.2, -0.15) is 0 Å². The molecular formula is C14H16N2O2. The van der Waals surface area contributed by atoms with Crippen LogP contribution >= 0.6 is 0 Å². The zero-order chi connectivity index (χ0) is 12.6. The standard InChI is InChI=1S/C14H16N2O2/c17-9-14(4-5-14)8-16-13(18)11-1-2-12-10(7-11)3-6-15-12/h1-3,6-7,15,17H,4-5,8-9H2,(H,16,18). The Hall–Kier alpha value is -1.81. The van der Waals surface area contributed by atoms with Crippen molar-refractivity contribution in [2.45, 2.75) is 12.8 Å². The minimum atomic E-state index is -0.0715. The Balaban J connectivity index is 1.71. The van der Waals surface area contributed by atoms with E-state index in [9.17, 15) is 9.90 Å². The zero-order valence-corrected chi connectivity index (χ0v) is 10.1. The number of aliphatic hydroxyl groups is 1. The Kier molecular flexibility index (Phi) is 2.59. The molecule has 0 spiro atoms. The summed E-state index contributed by atoms with van der Waals surface area (Å²) >= 11 is 0. The molecule has 0 unspecified atom stereocenters. The summed E-state index contributed by atoms with van der Waals surface area (Å²) < 4.78 is 0. The van der Waals surface area contributed by atoms with Crippen LogP contribution in [0.4, 0.5) is 0 Å². The number of fused-ring (bicyclic) bond motifs is 1. The molecule has 4 heteroatoms. The molecule has 1 amide bonds. The number of nitrogens with one attached hydrogen (secondary N) is 2. The number of carbonyl (C=O) groups excluding carboxylic acids is 1. The summed E-state index contributed by atoms with van der Waals surface area (Å²) in [5, 5.41) is 13.1. The highest BCUT2D eigenvalue weighted by atomic mass is 16.3. The molecule has 0 aliphatic heterocycles. The zero-order valence-electron chi connectivity index (χ0n) is 10.1. The van der Waals surface area contributed by atoms with Crippen molar-refractivity contribution in [3.8, 4) is 0 Å². The predicted molar refractivity (Wildman–Crippen MR) is 69.4 cm³/mol. The third-order valence-corrected chi connectivity index (χ3v) is 3.73. The van der Waals surface area contributed by atoms with E-state index in [1.807, 2.05) is 30.5 Å². The van der Waals surface area contributed by atoms with Gasteiger partial charge in [0.15, 0.2) is 0 Å². The Morgan fingerprint density at radius 1 is 1.39 bits per heavy atom. The van der Waals surface area contributed by atoms with Crippen molar-refractivity contribution in [2.24, 2.45) is 5.41 Å². The topological polar surface area (TPSA) is 65.1 Å².